The summed E-state index contributed by atoms with van der Waals surface area (Å²) < 4.78 is 32.6. The molecule has 0 saturated carbocycles. The van der Waals surface area contributed by atoms with Gasteiger partial charge < -0.3 is 9.73 Å². The molecule has 0 saturated heterocycles. The average Bonchev–Trinajstić information content (AvgIpc) is 3.18. The minimum atomic E-state index is -3.49. The van der Waals surface area contributed by atoms with Gasteiger partial charge in [0.05, 0.1) is 11.9 Å². The molecule has 1 N–H and O–H groups in total. The van der Waals surface area contributed by atoms with E-state index in [1.54, 1.807) is 0 Å². The molecular formula is C27H30N2O4S. The van der Waals surface area contributed by atoms with E-state index >= 15 is 0 Å². The van der Waals surface area contributed by atoms with Crippen molar-refractivity contribution in [1.82, 2.24) is 0 Å². The molecule has 4 rings (SSSR count). The van der Waals surface area contributed by atoms with E-state index in [1.165, 1.54) is 10.6 Å². The highest BCUT2D eigenvalue weighted by molar-refractivity contribution is 7.92. The first-order chi connectivity index (χ1) is 16.3. The fraction of sp³-hybridized carbons (Fsp3) is 0.296. The van der Waals surface area contributed by atoms with Crippen LogP contribution >= 0.6 is 0 Å². The number of rotatable bonds is 9. The Kier molecular flexibility index (Phi) is 6.93. The number of sulfonamides is 1. The van der Waals surface area contributed by atoms with E-state index in [0.29, 0.717) is 17.7 Å². The van der Waals surface area contributed by atoms with Crippen molar-refractivity contribution >= 4 is 49.2 Å². The number of para-hydroxylation sites is 2. The van der Waals surface area contributed by atoms with Crippen LogP contribution in [0, 0.1) is 0 Å². The van der Waals surface area contributed by atoms with Crippen LogP contribution in [-0.4, -0.2) is 27.1 Å². The van der Waals surface area contributed by atoms with Crippen molar-refractivity contribution in [3.63, 3.8) is 0 Å². The normalized spacial score (nSPS) is 11.7. The Morgan fingerprint density at radius 2 is 1.59 bits per heavy atom. The van der Waals surface area contributed by atoms with Crippen LogP contribution < -0.4 is 9.62 Å². The Hall–Kier alpha value is -3.32. The zero-order valence-corrected chi connectivity index (χ0v) is 20.6. The molecule has 0 aliphatic heterocycles. The summed E-state index contributed by atoms with van der Waals surface area (Å²) in [6.45, 7) is 4.29. The molecule has 0 fully saturated rings. The van der Waals surface area contributed by atoms with Gasteiger partial charge in [0.25, 0.3) is 0 Å². The maximum atomic E-state index is 12.6. The second-order valence-corrected chi connectivity index (χ2v) is 10.3. The zero-order chi connectivity index (χ0) is 24.3. The molecule has 178 valence electrons. The van der Waals surface area contributed by atoms with Crippen LogP contribution in [0.15, 0.2) is 65.1 Å². The highest BCUT2D eigenvalue weighted by Gasteiger charge is 2.22. The summed E-state index contributed by atoms with van der Waals surface area (Å²) in [5, 5.41) is 4.94. The van der Waals surface area contributed by atoms with Crippen molar-refractivity contribution in [2.45, 2.75) is 39.5 Å². The molecule has 0 aliphatic rings. The van der Waals surface area contributed by atoms with E-state index in [0.717, 1.165) is 46.0 Å². The smallest absolute Gasteiger partial charge is 0.232 e. The second kappa shape index (κ2) is 9.89. The largest absolute Gasteiger partial charge is 0.456 e. The van der Waals surface area contributed by atoms with E-state index in [9.17, 15) is 13.2 Å². The van der Waals surface area contributed by atoms with Gasteiger partial charge in [-0.3, -0.25) is 9.10 Å². The van der Waals surface area contributed by atoms with Crippen LogP contribution in [0.3, 0.4) is 0 Å². The van der Waals surface area contributed by atoms with Crippen LogP contribution in [0.5, 0.6) is 0 Å². The molecule has 1 aromatic heterocycles. The standard InChI is InChI=1S/C27H30N2O4S/c1-4-19-10-8-11-20(5-2)27(19)29(34(3,31)32)17-9-14-26(30)28-21-15-16-23-22-12-6-7-13-24(22)33-25(23)18-21/h6-8,10-13,15-16,18H,4-5,9,14,17H2,1-3H3,(H,28,30). The number of aryl methyl sites for hydroxylation is 2. The van der Waals surface area contributed by atoms with Gasteiger partial charge in [0, 0.05) is 35.5 Å². The monoisotopic (exact) mass is 478 g/mol. The Morgan fingerprint density at radius 1 is 0.912 bits per heavy atom. The number of hydrogen-bond acceptors (Lipinski definition) is 4. The van der Waals surface area contributed by atoms with Gasteiger partial charge in [0.1, 0.15) is 11.2 Å². The minimum Gasteiger partial charge on any atom is -0.456 e. The van der Waals surface area contributed by atoms with Gasteiger partial charge in [0.15, 0.2) is 0 Å². The lowest BCUT2D eigenvalue weighted by atomic mass is 10.0. The van der Waals surface area contributed by atoms with E-state index in [2.05, 4.69) is 5.32 Å². The van der Waals surface area contributed by atoms with Gasteiger partial charge in [0.2, 0.25) is 15.9 Å². The number of carbonyl (C=O) groups is 1. The van der Waals surface area contributed by atoms with Crippen molar-refractivity contribution in [3.05, 3.63) is 71.8 Å². The Bertz CT molecular complexity index is 1420. The van der Waals surface area contributed by atoms with E-state index in [4.69, 9.17) is 4.42 Å². The highest BCUT2D eigenvalue weighted by Crippen LogP contribution is 2.31. The van der Waals surface area contributed by atoms with Crippen LogP contribution in [-0.2, 0) is 27.7 Å². The molecule has 6 nitrogen and oxygen atoms in total. The molecule has 0 spiro atoms. The van der Waals surface area contributed by atoms with Crippen LogP contribution in [0.4, 0.5) is 11.4 Å². The highest BCUT2D eigenvalue weighted by atomic mass is 32.2. The van der Waals surface area contributed by atoms with Crippen molar-refractivity contribution in [3.8, 4) is 0 Å². The van der Waals surface area contributed by atoms with Gasteiger partial charge in [-0.05, 0) is 48.6 Å². The number of furan rings is 1. The van der Waals surface area contributed by atoms with Gasteiger partial charge >= 0.3 is 0 Å². The van der Waals surface area contributed by atoms with Crippen molar-refractivity contribution in [2.24, 2.45) is 0 Å². The summed E-state index contributed by atoms with van der Waals surface area (Å²) in [5.41, 5.74) is 4.92. The van der Waals surface area contributed by atoms with Gasteiger partial charge in [-0.15, -0.1) is 0 Å². The fourth-order valence-corrected chi connectivity index (χ4v) is 5.42. The van der Waals surface area contributed by atoms with E-state index in [-0.39, 0.29) is 18.9 Å². The third-order valence-corrected chi connectivity index (χ3v) is 7.21. The lowest BCUT2D eigenvalue weighted by Crippen LogP contribution is -2.33. The number of hydrogen-bond donors (Lipinski definition) is 1. The molecule has 4 aromatic rings. The van der Waals surface area contributed by atoms with Gasteiger partial charge in [-0.25, -0.2) is 8.42 Å². The van der Waals surface area contributed by atoms with Crippen molar-refractivity contribution in [1.29, 1.82) is 0 Å². The first-order valence-electron chi connectivity index (χ1n) is 11.6. The van der Waals surface area contributed by atoms with Crippen LogP contribution in [0.1, 0.15) is 37.8 Å². The summed E-state index contributed by atoms with van der Waals surface area (Å²) in [6, 6.07) is 19.3. The average molecular weight is 479 g/mol. The molecular weight excluding hydrogens is 448 g/mol. The molecule has 0 aliphatic carbocycles. The van der Waals surface area contributed by atoms with Gasteiger partial charge in [-0.2, -0.15) is 0 Å². The molecule has 1 heterocycles. The van der Waals surface area contributed by atoms with Crippen molar-refractivity contribution < 1.29 is 17.6 Å². The van der Waals surface area contributed by atoms with Gasteiger partial charge in [-0.1, -0.05) is 50.2 Å². The number of nitrogens with one attached hydrogen (secondary N) is 1. The molecule has 34 heavy (non-hydrogen) atoms. The molecule has 0 bridgehead atoms. The molecule has 0 atom stereocenters. The molecule has 3 aromatic carbocycles. The Morgan fingerprint density at radius 3 is 2.26 bits per heavy atom. The topological polar surface area (TPSA) is 79.6 Å². The fourth-order valence-electron chi connectivity index (χ4n) is 4.39. The maximum absolute atomic E-state index is 12.6. The SMILES string of the molecule is CCc1cccc(CC)c1N(CCCC(=O)Nc1ccc2c(c1)oc1ccccc12)S(C)(=O)=O. The van der Waals surface area contributed by atoms with Crippen LogP contribution in [0.25, 0.3) is 21.9 Å². The predicted octanol–water partition coefficient (Wildman–Crippen LogP) is 5.90. The number of anilines is 2. The third kappa shape index (κ3) is 4.94. The molecule has 7 heteroatoms. The summed E-state index contributed by atoms with van der Waals surface area (Å²) >= 11 is 0. The number of carbonyl (C=O) groups excluding carboxylic acids is 1. The molecule has 0 unspecified atom stereocenters. The van der Waals surface area contributed by atoms with E-state index in [1.807, 2.05) is 74.5 Å². The number of nitrogens with zero attached hydrogens (tertiary/aromatic N) is 1. The number of fused-ring (bicyclic) bond motifs is 3. The summed E-state index contributed by atoms with van der Waals surface area (Å²) in [6.07, 6.45) is 3.31. The van der Waals surface area contributed by atoms with Crippen molar-refractivity contribution in [2.75, 3.05) is 22.4 Å². The third-order valence-electron chi connectivity index (χ3n) is 6.04. The first kappa shape index (κ1) is 23.8. The second-order valence-electron chi connectivity index (χ2n) is 8.43. The Balaban J connectivity index is 1.45. The minimum absolute atomic E-state index is 0.164. The summed E-state index contributed by atoms with van der Waals surface area (Å²) in [4.78, 5) is 12.6. The number of benzene rings is 3. The lowest BCUT2D eigenvalue weighted by Gasteiger charge is -2.27. The number of amides is 1. The zero-order valence-electron chi connectivity index (χ0n) is 19.8. The lowest BCUT2D eigenvalue weighted by molar-refractivity contribution is -0.116. The summed E-state index contributed by atoms with van der Waals surface area (Å²) in [5.74, 6) is -0.164. The molecule has 0 radical (unpaired) electrons. The maximum Gasteiger partial charge on any atom is 0.232 e. The van der Waals surface area contributed by atoms with E-state index < -0.39 is 10.0 Å². The van der Waals surface area contributed by atoms with Crippen LogP contribution in [0.2, 0.25) is 0 Å². The quantitative estimate of drug-likeness (QED) is 0.325. The predicted molar refractivity (Wildman–Crippen MR) is 139 cm³/mol. The first-order valence-corrected chi connectivity index (χ1v) is 13.5. The molecule has 1 amide bonds. The summed E-state index contributed by atoms with van der Waals surface area (Å²) in [7, 11) is -3.49. The Labute approximate surface area is 200 Å².